The average molecular weight is 253 g/mol. The van der Waals surface area contributed by atoms with Crippen LogP contribution in [0.15, 0.2) is 23.0 Å². The number of carbonyl (C=O) groups is 2. The molecule has 6 nitrogen and oxygen atoms in total. The highest BCUT2D eigenvalue weighted by atomic mass is 16.4. The number of piperidine rings is 1. The van der Waals surface area contributed by atoms with Gasteiger partial charge in [0.05, 0.1) is 24.4 Å². The summed E-state index contributed by atoms with van der Waals surface area (Å²) in [6.07, 6.45) is 3.54. The van der Waals surface area contributed by atoms with Gasteiger partial charge in [0.2, 0.25) is 0 Å². The maximum Gasteiger partial charge on any atom is 0.308 e. The van der Waals surface area contributed by atoms with Crippen molar-refractivity contribution in [2.75, 3.05) is 13.1 Å². The van der Waals surface area contributed by atoms with Gasteiger partial charge in [-0.2, -0.15) is 0 Å². The summed E-state index contributed by atoms with van der Waals surface area (Å²) in [6, 6.07) is 1.82. The van der Waals surface area contributed by atoms with Crippen LogP contribution < -0.4 is 0 Å². The molecule has 1 fully saturated rings. The number of hydrogen-bond acceptors (Lipinski definition) is 4. The molecule has 6 heteroatoms. The van der Waals surface area contributed by atoms with Gasteiger partial charge >= 0.3 is 11.9 Å². The molecule has 2 heterocycles. The summed E-state index contributed by atoms with van der Waals surface area (Å²) in [6.45, 7) is 1.44. The monoisotopic (exact) mass is 253 g/mol. The molecule has 1 aromatic rings. The smallest absolute Gasteiger partial charge is 0.308 e. The third-order valence-electron chi connectivity index (χ3n) is 3.32. The SMILES string of the molecule is O=C(O)C1CCN(Cc2ccoc2)CC1C(=O)O. The molecule has 1 saturated heterocycles. The minimum absolute atomic E-state index is 0.261. The first-order valence-corrected chi connectivity index (χ1v) is 5.77. The van der Waals surface area contributed by atoms with Crippen molar-refractivity contribution in [3.63, 3.8) is 0 Å². The van der Waals surface area contributed by atoms with Gasteiger partial charge in [-0.1, -0.05) is 0 Å². The fourth-order valence-corrected chi connectivity index (χ4v) is 2.35. The highest BCUT2D eigenvalue weighted by molar-refractivity contribution is 5.80. The number of rotatable bonds is 4. The highest BCUT2D eigenvalue weighted by Gasteiger charge is 2.38. The van der Waals surface area contributed by atoms with Crippen molar-refractivity contribution in [1.82, 2.24) is 4.90 Å². The molecule has 1 aliphatic heterocycles. The molecule has 0 aromatic carbocycles. The molecule has 2 rings (SSSR count). The van der Waals surface area contributed by atoms with E-state index in [0.717, 1.165) is 5.56 Å². The number of furan rings is 1. The molecule has 2 unspecified atom stereocenters. The lowest BCUT2D eigenvalue weighted by Gasteiger charge is -2.34. The van der Waals surface area contributed by atoms with E-state index >= 15 is 0 Å². The Balaban J connectivity index is 2.02. The number of aliphatic carboxylic acids is 2. The molecule has 1 aliphatic rings. The predicted molar refractivity (Wildman–Crippen MR) is 60.9 cm³/mol. The van der Waals surface area contributed by atoms with Gasteiger partial charge in [-0.15, -0.1) is 0 Å². The van der Waals surface area contributed by atoms with Crippen LogP contribution >= 0.6 is 0 Å². The minimum atomic E-state index is -1.04. The van der Waals surface area contributed by atoms with Gasteiger partial charge in [0, 0.05) is 18.7 Å². The molecule has 0 amide bonds. The summed E-state index contributed by atoms with van der Waals surface area (Å²) >= 11 is 0. The van der Waals surface area contributed by atoms with Crippen molar-refractivity contribution in [2.45, 2.75) is 13.0 Å². The Hall–Kier alpha value is -1.82. The second-order valence-electron chi connectivity index (χ2n) is 4.54. The number of hydrogen-bond donors (Lipinski definition) is 2. The quantitative estimate of drug-likeness (QED) is 0.828. The van der Waals surface area contributed by atoms with E-state index < -0.39 is 23.8 Å². The lowest BCUT2D eigenvalue weighted by atomic mass is 9.85. The van der Waals surface area contributed by atoms with Crippen molar-refractivity contribution in [3.8, 4) is 0 Å². The van der Waals surface area contributed by atoms with Crippen LogP contribution in [0, 0.1) is 11.8 Å². The molecule has 0 aliphatic carbocycles. The normalized spacial score (nSPS) is 24.9. The zero-order chi connectivity index (χ0) is 13.1. The Morgan fingerprint density at radius 1 is 1.33 bits per heavy atom. The van der Waals surface area contributed by atoms with E-state index in [0.29, 0.717) is 19.5 Å². The number of carboxylic acids is 2. The largest absolute Gasteiger partial charge is 0.481 e. The van der Waals surface area contributed by atoms with E-state index in [9.17, 15) is 9.59 Å². The summed E-state index contributed by atoms with van der Waals surface area (Å²) in [5.41, 5.74) is 0.966. The van der Waals surface area contributed by atoms with Crippen LogP contribution in [0.3, 0.4) is 0 Å². The van der Waals surface area contributed by atoms with Crippen LogP contribution in [0.5, 0.6) is 0 Å². The molecule has 2 atom stereocenters. The summed E-state index contributed by atoms with van der Waals surface area (Å²) < 4.78 is 4.95. The molecular formula is C12H15NO5. The van der Waals surface area contributed by atoms with Gasteiger partial charge in [0.25, 0.3) is 0 Å². The van der Waals surface area contributed by atoms with Crippen molar-refractivity contribution in [3.05, 3.63) is 24.2 Å². The molecular weight excluding hydrogens is 238 g/mol. The van der Waals surface area contributed by atoms with Crippen LogP contribution in [-0.2, 0) is 16.1 Å². The molecule has 0 radical (unpaired) electrons. The zero-order valence-electron chi connectivity index (χ0n) is 9.78. The lowest BCUT2D eigenvalue weighted by molar-refractivity contribution is -0.157. The molecule has 18 heavy (non-hydrogen) atoms. The molecule has 98 valence electrons. The topological polar surface area (TPSA) is 91.0 Å². The summed E-state index contributed by atoms with van der Waals surface area (Å²) in [5, 5.41) is 18.1. The van der Waals surface area contributed by atoms with E-state index in [1.807, 2.05) is 11.0 Å². The Morgan fingerprint density at radius 2 is 2.06 bits per heavy atom. The highest BCUT2D eigenvalue weighted by Crippen LogP contribution is 2.25. The third-order valence-corrected chi connectivity index (χ3v) is 3.32. The summed E-state index contributed by atoms with van der Waals surface area (Å²) in [4.78, 5) is 24.1. The average Bonchev–Trinajstić information content (AvgIpc) is 2.81. The van der Waals surface area contributed by atoms with Crippen LogP contribution in [0.4, 0.5) is 0 Å². The molecule has 0 saturated carbocycles. The van der Waals surface area contributed by atoms with Crippen LogP contribution in [0.25, 0.3) is 0 Å². The van der Waals surface area contributed by atoms with Crippen LogP contribution in [-0.4, -0.2) is 40.1 Å². The summed E-state index contributed by atoms with van der Waals surface area (Å²) in [5.74, 6) is -3.70. The van der Waals surface area contributed by atoms with E-state index in [1.54, 1.807) is 12.5 Å². The van der Waals surface area contributed by atoms with Crippen molar-refractivity contribution in [2.24, 2.45) is 11.8 Å². The molecule has 0 bridgehead atoms. The number of carboxylic acid groups (broad SMARTS) is 2. The van der Waals surface area contributed by atoms with Gasteiger partial charge in [-0.3, -0.25) is 14.5 Å². The van der Waals surface area contributed by atoms with Gasteiger partial charge in [-0.05, 0) is 19.0 Å². The van der Waals surface area contributed by atoms with Gasteiger partial charge in [0.15, 0.2) is 0 Å². The molecule has 1 aromatic heterocycles. The standard InChI is InChI=1S/C12H15NO5/c14-11(15)9-1-3-13(6-10(9)12(16)17)5-8-2-4-18-7-8/h2,4,7,9-10H,1,3,5-6H2,(H,14,15)(H,16,17). The predicted octanol–water partition coefficient (Wildman–Crippen LogP) is 0.887. The Bertz CT molecular complexity index is 428. The van der Waals surface area contributed by atoms with E-state index in [4.69, 9.17) is 14.6 Å². The fourth-order valence-electron chi connectivity index (χ4n) is 2.35. The molecule has 0 spiro atoms. The fraction of sp³-hybridized carbons (Fsp3) is 0.500. The number of nitrogens with zero attached hydrogens (tertiary/aromatic N) is 1. The van der Waals surface area contributed by atoms with Crippen LogP contribution in [0.2, 0.25) is 0 Å². The van der Waals surface area contributed by atoms with Crippen molar-refractivity contribution < 1.29 is 24.2 Å². The van der Waals surface area contributed by atoms with E-state index in [2.05, 4.69) is 0 Å². The first kappa shape index (κ1) is 12.6. The Morgan fingerprint density at radius 3 is 2.61 bits per heavy atom. The first-order valence-electron chi connectivity index (χ1n) is 5.77. The zero-order valence-corrected chi connectivity index (χ0v) is 9.78. The van der Waals surface area contributed by atoms with E-state index in [1.165, 1.54) is 0 Å². The van der Waals surface area contributed by atoms with Gasteiger partial charge in [0.1, 0.15) is 0 Å². The molecule has 2 N–H and O–H groups in total. The summed E-state index contributed by atoms with van der Waals surface area (Å²) in [7, 11) is 0. The third kappa shape index (κ3) is 2.70. The van der Waals surface area contributed by atoms with Crippen molar-refractivity contribution >= 4 is 11.9 Å². The van der Waals surface area contributed by atoms with Gasteiger partial charge in [-0.25, -0.2) is 0 Å². The van der Waals surface area contributed by atoms with Gasteiger partial charge < -0.3 is 14.6 Å². The second kappa shape index (κ2) is 5.22. The Kier molecular flexibility index (Phi) is 3.66. The van der Waals surface area contributed by atoms with E-state index in [-0.39, 0.29) is 6.54 Å². The lowest BCUT2D eigenvalue weighted by Crippen LogP contribution is -2.46. The number of likely N-dealkylation sites (tertiary alicyclic amines) is 1. The second-order valence-corrected chi connectivity index (χ2v) is 4.54. The van der Waals surface area contributed by atoms with Crippen molar-refractivity contribution in [1.29, 1.82) is 0 Å². The Labute approximate surface area is 104 Å². The maximum atomic E-state index is 11.1. The minimum Gasteiger partial charge on any atom is -0.481 e. The maximum absolute atomic E-state index is 11.1. The van der Waals surface area contributed by atoms with Crippen LogP contribution in [0.1, 0.15) is 12.0 Å². The first-order chi connectivity index (χ1) is 8.58.